The molecule has 6 nitrogen and oxygen atoms in total. The number of carbonyl (C=O) groups is 2. The van der Waals surface area contributed by atoms with E-state index in [-0.39, 0.29) is 12.3 Å². The van der Waals surface area contributed by atoms with Gasteiger partial charge in [0.2, 0.25) is 5.91 Å². The van der Waals surface area contributed by atoms with E-state index < -0.39 is 11.5 Å². The summed E-state index contributed by atoms with van der Waals surface area (Å²) in [6.07, 6.45) is 3.68. The van der Waals surface area contributed by atoms with E-state index in [0.717, 1.165) is 24.6 Å². The van der Waals surface area contributed by atoms with Gasteiger partial charge in [-0.2, -0.15) is 0 Å². The number of carbonyl (C=O) groups excluding carboxylic acids is 1. The summed E-state index contributed by atoms with van der Waals surface area (Å²) in [4.78, 5) is 24.2. The monoisotopic (exact) mass is 330 g/mol. The first-order chi connectivity index (χ1) is 11.5. The van der Waals surface area contributed by atoms with E-state index in [4.69, 9.17) is 4.52 Å². The second kappa shape index (κ2) is 6.63. The molecule has 1 amide bonds. The van der Waals surface area contributed by atoms with Gasteiger partial charge in [0, 0.05) is 5.39 Å². The lowest BCUT2D eigenvalue weighted by atomic mass is 9.75. The number of para-hydroxylation sites is 1. The Labute approximate surface area is 140 Å². The molecule has 1 aliphatic rings. The summed E-state index contributed by atoms with van der Waals surface area (Å²) in [7, 11) is 0. The van der Waals surface area contributed by atoms with Crippen molar-refractivity contribution in [2.45, 2.75) is 51.0 Å². The molecular formula is C18H22N2O4. The first kappa shape index (κ1) is 16.5. The number of carboxylic acids is 1. The number of rotatable bonds is 5. The lowest BCUT2D eigenvalue weighted by Crippen LogP contribution is -2.56. The Hall–Kier alpha value is -2.37. The smallest absolute Gasteiger partial charge is 0.329 e. The molecule has 0 unspecified atom stereocenters. The average molecular weight is 330 g/mol. The molecule has 1 aromatic carbocycles. The standard InChI is InChI=1S/C18H22N2O4/c1-2-12-7-9-18(10-8-12,17(22)23)19-16(21)11-14-13-5-3-4-6-15(13)24-20-14/h3-6,12H,2,7-11H2,1H3,(H,19,21)(H,22,23). The van der Waals surface area contributed by atoms with Crippen molar-refractivity contribution >= 4 is 22.8 Å². The second-order valence-corrected chi connectivity index (χ2v) is 6.59. The second-order valence-electron chi connectivity index (χ2n) is 6.59. The molecule has 0 saturated heterocycles. The molecule has 0 bridgehead atoms. The molecule has 0 aliphatic heterocycles. The number of amides is 1. The molecule has 1 fully saturated rings. The van der Waals surface area contributed by atoms with E-state index >= 15 is 0 Å². The highest BCUT2D eigenvalue weighted by Gasteiger charge is 2.42. The van der Waals surface area contributed by atoms with Crippen LogP contribution in [0.5, 0.6) is 0 Å². The Balaban J connectivity index is 1.71. The fourth-order valence-electron chi connectivity index (χ4n) is 3.50. The lowest BCUT2D eigenvalue weighted by Gasteiger charge is -2.37. The molecule has 2 N–H and O–H groups in total. The molecule has 0 radical (unpaired) electrons. The number of aliphatic carboxylic acids is 1. The fourth-order valence-corrected chi connectivity index (χ4v) is 3.50. The minimum absolute atomic E-state index is 0.0171. The molecule has 24 heavy (non-hydrogen) atoms. The Morgan fingerprint density at radius 3 is 2.71 bits per heavy atom. The molecule has 6 heteroatoms. The number of carboxylic acid groups (broad SMARTS) is 1. The Kier molecular flexibility index (Phi) is 4.55. The Morgan fingerprint density at radius 1 is 1.33 bits per heavy atom. The maximum atomic E-state index is 12.4. The van der Waals surface area contributed by atoms with Crippen LogP contribution in [-0.2, 0) is 16.0 Å². The summed E-state index contributed by atoms with van der Waals surface area (Å²) < 4.78 is 5.19. The van der Waals surface area contributed by atoms with E-state index in [1.165, 1.54) is 0 Å². The highest BCUT2D eigenvalue weighted by molar-refractivity contribution is 5.90. The van der Waals surface area contributed by atoms with Crippen molar-refractivity contribution in [2.75, 3.05) is 0 Å². The van der Waals surface area contributed by atoms with Gasteiger partial charge in [-0.1, -0.05) is 30.6 Å². The molecule has 1 heterocycles. The van der Waals surface area contributed by atoms with Crippen molar-refractivity contribution in [3.8, 4) is 0 Å². The van der Waals surface area contributed by atoms with Crippen LogP contribution in [0.15, 0.2) is 28.8 Å². The van der Waals surface area contributed by atoms with E-state index in [1.807, 2.05) is 18.2 Å². The number of aromatic nitrogens is 1. The van der Waals surface area contributed by atoms with Gasteiger partial charge in [-0.25, -0.2) is 4.79 Å². The molecule has 1 aliphatic carbocycles. The van der Waals surface area contributed by atoms with Gasteiger partial charge in [0.1, 0.15) is 11.2 Å². The third-order valence-electron chi connectivity index (χ3n) is 5.10. The molecule has 0 spiro atoms. The normalized spacial score (nSPS) is 24.0. The average Bonchev–Trinajstić information content (AvgIpc) is 2.98. The predicted molar refractivity (Wildman–Crippen MR) is 88.5 cm³/mol. The van der Waals surface area contributed by atoms with Crippen LogP contribution in [-0.4, -0.2) is 27.7 Å². The van der Waals surface area contributed by atoms with Crippen molar-refractivity contribution in [2.24, 2.45) is 5.92 Å². The van der Waals surface area contributed by atoms with Crippen LogP contribution in [0.2, 0.25) is 0 Å². The van der Waals surface area contributed by atoms with E-state index in [2.05, 4.69) is 17.4 Å². The molecule has 2 aromatic rings. The Bertz CT molecular complexity index is 744. The molecule has 1 saturated carbocycles. The Morgan fingerprint density at radius 2 is 2.04 bits per heavy atom. The summed E-state index contributed by atoms with van der Waals surface area (Å²) in [6, 6.07) is 7.32. The lowest BCUT2D eigenvalue weighted by molar-refractivity contribution is -0.149. The van der Waals surface area contributed by atoms with Gasteiger partial charge in [-0.3, -0.25) is 4.79 Å². The van der Waals surface area contributed by atoms with Crippen LogP contribution in [0.1, 0.15) is 44.7 Å². The van der Waals surface area contributed by atoms with Crippen molar-refractivity contribution < 1.29 is 19.2 Å². The quantitative estimate of drug-likeness (QED) is 0.879. The molecular weight excluding hydrogens is 308 g/mol. The van der Waals surface area contributed by atoms with Gasteiger partial charge < -0.3 is 14.9 Å². The van der Waals surface area contributed by atoms with Crippen molar-refractivity contribution in [3.63, 3.8) is 0 Å². The zero-order chi connectivity index (χ0) is 17.2. The predicted octanol–water partition coefficient (Wildman–Crippen LogP) is 2.91. The zero-order valence-corrected chi connectivity index (χ0v) is 13.7. The van der Waals surface area contributed by atoms with Crippen LogP contribution in [0, 0.1) is 5.92 Å². The van der Waals surface area contributed by atoms with Crippen molar-refractivity contribution in [1.82, 2.24) is 10.5 Å². The zero-order valence-electron chi connectivity index (χ0n) is 13.7. The van der Waals surface area contributed by atoms with Gasteiger partial charge in [-0.05, 0) is 43.7 Å². The number of fused-ring (bicyclic) bond motifs is 1. The molecule has 3 rings (SSSR count). The fraction of sp³-hybridized carbons (Fsp3) is 0.500. The first-order valence-electron chi connectivity index (χ1n) is 8.42. The summed E-state index contributed by atoms with van der Waals surface area (Å²) in [5, 5.41) is 17.1. The van der Waals surface area contributed by atoms with Crippen LogP contribution in [0.25, 0.3) is 11.0 Å². The summed E-state index contributed by atoms with van der Waals surface area (Å²) in [6.45, 7) is 2.12. The molecule has 128 valence electrons. The SMILES string of the molecule is CCC1CCC(NC(=O)Cc2noc3ccccc23)(C(=O)O)CC1. The third kappa shape index (κ3) is 3.13. The largest absolute Gasteiger partial charge is 0.480 e. The minimum Gasteiger partial charge on any atom is -0.480 e. The van der Waals surface area contributed by atoms with E-state index in [1.54, 1.807) is 6.07 Å². The summed E-state index contributed by atoms with van der Waals surface area (Å²) in [5.41, 5.74) is 0.00467. The maximum absolute atomic E-state index is 12.4. The number of nitrogens with one attached hydrogen (secondary N) is 1. The van der Waals surface area contributed by atoms with Gasteiger partial charge in [0.15, 0.2) is 5.58 Å². The topological polar surface area (TPSA) is 92.4 Å². The minimum atomic E-state index is -1.15. The maximum Gasteiger partial charge on any atom is 0.329 e. The summed E-state index contributed by atoms with van der Waals surface area (Å²) >= 11 is 0. The van der Waals surface area contributed by atoms with Crippen LogP contribution in [0.3, 0.4) is 0 Å². The molecule has 1 aromatic heterocycles. The highest BCUT2D eigenvalue weighted by atomic mass is 16.5. The van der Waals surface area contributed by atoms with E-state index in [0.29, 0.717) is 30.0 Å². The van der Waals surface area contributed by atoms with Gasteiger partial charge >= 0.3 is 5.97 Å². The number of nitrogens with zero attached hydrogens (tertiary/aromatic N) is 1. The van der Waals surface area contributed by atoms with Gasteiger partial charge in [0.25, 0.3) is 0 Å². The van der Waals surface area contributed by atoms with Crippen molar-refractivity contribution in [3.05, 3.63) is 30.0 Å². The van der Waals surface area contributed by atoms with Crippen LogP contribution in [0.4, 0.5) is 0 Å². The molecule has 0 atom stereocenters. The number of hydrogen-bond acceptors (Lipinski definition) is 4. The summed E-state index contributed by atoms with van der Waals surface area (Å²) in [5.74, 6) is -0.726. The van der Waals surface area contributed by atoms with Gasteiger partial charge in [0.05, 0.1) is 6.42 Å². The van der Waals surface area contributed by atoms with E-state index in [9.17, 15) is 14.7 Å². The van der Waals surface area contributed by atoms with Gasteiger partial charge in [-0.15, -0.1) is 0 Å². The van der Waals surface area contributed by atoms with Crippen LogP contribution < -0.4 is 5.32 Å². The number of hydrogen-bond donors (Lipinski definition) is 2. The van der Waals surface area contributed by atoms with Crippen LogP contribution >= 0.6 is 0 Å². The first-order valence-corrected chi connectivity index (χ1v) is 8.42. The van der Waals surface area contributed by atoms with Crippen molar-refractivity contribution in [1.29, 1.82) is 0 Å². The highest BCUT2D eigenvalue weighted by Crippen LogP contribution is 2.34. The third-order valence-corrected chi connectivity index (χ3v) is 5.10. The number of benzene rings is 1.